The van der Waals surface area contributed by atoms with Gasteiger partial charge in [0.1, 0.15) is 0 Å². The van der Waals surface area contributed by atoms with Gasteiger partial charge >= 0.3 is 0 Å². The van der Waals surface area contributed by atoms with Crippen LogP contribution in [-0.2, 0) is 12.8 Å². The molecule has 0 aliphatic heterocycles. The number of fused-ring (bicyclic) bond motifs is 6. The van der Waals surface area contributed by atoms with Gasteiger partial charge < -0.3 is 5.73 Å². The zero-order valence-corrected chi connectivity index (χ0v) is 18.4. The van der Waals surface area contributed by atoms with Crippen molar-refractivity contribution in [3.8, 4) is 33.4 Å². The Kier molecular flexibility index (Phi) is 4.60. The fourth-order valence-corrected chi connectivity index (χ4v) is 5.64. The van der Waals surface area contributed by atoms with Crippen molar-refractivity contribution in [2.24, 2.45) is 0 Å². The Morgan fingerprint density at radius 3 is 2.12 bits per heavy atom. The second-order valence-electron chi connectivity index (χ2n) is 9.08. The lowest BCUT2D eigenvalue weighted by atomic mass is 9.87. The largest absolute Gasteiger partial charge is 0.398 e. The maximum absolute atomic E-state index is 14.0. The number of anilines is 1. The lowest BCUT2D eigenvalue weighted by Gasteiger charge is -2.18. The van der Waals surface area contributed by atoms with E-state index in [1.807, 2.05) is 31.2 Å². The zero-order valence-electron chi connectivity index (χ0n) is 18.4. The molecule has 5 heteroatoms. The number of alkyl halides is 4. The molecule has 6 rings (SSSR count). The molecule has 2 aliphatic rings. The SMILES string of the molecule is Cc1c(-c2cc(C(F)F)cc3c2Cc2cccc(C(F)F)c2-3)cc2c(c1N)Cc1ccccc1-2. The molecular formula is C29H21F4N. The summed E-state index contributed by atoms with van der Waals surface area (Å²) in [7, 11) is 0. The molecule has 1 nitrogen and oxygen atoms in total. The van der Waals surface area contributed by atoms with Crippen LogP contribution in [0.4, 0.5) is 23.2 Å². The minimum atomic E-state index is -2.72. The molecular weight excluding hydrogens is 438 g/mol. The maximum Gasteiger partial charge on any atom is 0.264 e. The Labute approximate surface area is 194 Å². The van der Waals surface area contributed by atoms with E-state index in [1.54, 1.807) is 12.1 Å². The Bertz CT molecular complexity index is 1490. The van der Waals surface area contributed by atoms with Gasteiger partial charge in [-0.1, -0.05) is 42.5 Å². The number of benzene rings is 4. The van der Waals surface area contributed by atoms with E-state index in [9.17, 15) is 17.6 Å². The topological polar surface area (TPSA) is 26.0 Å². The molecule has 0 amide bonds. The molecule has 4 aromatic rings. The number of nitrogens with two attached hydrogens (primary N) is 1. The summed E-state index contributed by atoms with van der Waals surface area (Å²) in [4.78, 5) is 0. The lowest BCUT2D eigenvalue weighted by molar-refractivity contribution is 0.151. The number of nitrogen functional groups attached to an aromatic ring is 1. The van der Waals surface area contributed by atoms with E-state index < -0.39 is 12.9 Å². The number of rotatable bonds is 3. The van der Waals surface area contributed by atoms with Gasteiger partial charge in [0.05, 0.1) is 0 Å². The molecule has 0 saturated carbocycles. The van der Waals surface area contributed by atoms with Crippen molar-refractivity contribution < 1.29 is 17.6 Å². The first-order valence-corrected chi connectivity index (χ1v) is 11.2. The molecule has 0 aromatic heterocycles. The highest BCUT2D eigenvalue weighted by Gasteiger charge is 2.30. The fourth-order valence-electron chi connectivity index (χ4n) is 5.64. The van der Waals surface area contributed by atoms with Crippen LogP contribution in [0.3, 0.4) is 0 Å². The Hall–Kier alpha value is -3.60. The summed E-state index contributed by atoms with van der Waals surface area (Å²) < 4.78 is 55.7. The van der Waals surface area contributed by atoms with Gasteiger partial charge in [-0.15, -0.1) is 0 Å². The van der Waals surface area contributed by atoms with Gasteiger partial charge in [-0.2, -0.15) is 0 Å². The average molecular weight is 459 g/mol. The van der Waals surface area contributed by atoms with Crippen molar-refractivity contribution in [2.45, 2.75) is 32.6 Å². The highest BCUT2D eigenvalue weighted by Crippen LogP contribution is 2.50. The average Bonchev–Trinajstić information content (AvgIpc) is 3.39. The minimum Gasteiger partial charge on any atom is -0.398 e. The van der Waals surface area contributed by atoms with Crippen LogP contribution in [0.2, 0.25) is 0 Å². The normalized spacial score (nSPS) is 13.3. The van der Waals surface area contributed by atoms with Gasteiger partial charge in [0.15, 0.2) is 0 Å². The van der Waals surface area contributed by atoms with Crippen molar-refractivity contribution >= 4 is 5.69 Å². The molecule has 34 heavy (non-hydrogen) atoms. The molecule has 2 N–H and O–H groups in total. The van der Waals surface area contributed by atoms with Crippen LogP contribution >= 0.6 is 0 Å². The fraction of sp³-hybridized carbons (Fsp3) is 0.172. The van der Waals surface area contributed by atoms with Gasteiger partial charge in [-0.25, -0.2) is 17.6 Å². The molecule has 0 bridgehead atoms. The first kappa shape index (κ1) is 21.0. The van der Waals surface area contributed by atoms with Crippen molar-refractivity contribution in [1.82, 2.24) is 0 Å². The monoisotopic (exact) mass is 459 g/mol. The van der Waals surface area contributed by atoms with Crippen LogP contribution in [0.25, 0.3) is 33.4 Å². The third-order valence-electron chi connectivity index (χ3n) is 7.29. The van der Waals surface area contributed by atoms with Crippen LogP contribution in [0.1, 0.15) is 51.8 Å². The summed E-state index contributed by atoms with van der Waals surface area (Å²) in [6.07, 6.45) is -4.26. The van der Waals surface area contributed by atoms with E-state index in [2.05, 4.69) is 6.07 Å². The van der Waals surface area contributed by atoms with Crippen molar-refractivity contribution in [3.05, 3.63) is 99.6 Å². The van der Waals surface area contributed by atoms with E-state index >= 15 is 0 Å². The number of hydrogen-bond acceptors (Lipinski definition) is 1. The Morgan fingerprint density at radius 1 is 0.676 bits per heavy atom. The minimum absolute atomic E-state index is 0.118. The zero-order chi connectivity index (χ0) is 23.7. The van der Waals surface area contributed by atoms with Crippen molar-refractivity contribution in [1.29, 1.82) is 0 Å². The smallest absolute Gasteiger partial charge is 0.264 e. The second-order valence-corrected chi connectivity index (χ2v) is 9.08. The number of hydrogen-bond donors (Lipinski definition) is 1. The van der Waals surface area contributed by atoms with E-state index in [1.165, 1.54) is 23.8 Å². The summed E-state index contributed by atoms with van der Waals surface area (Å²) in [5, 5.41) is 0. The lowest BCUT2D eigenvalue weighted by Crippen LogP contribution is -2.01. The molecule has 0 heterocycles. The Balaban J connectivity index is 1.64. The Morgan fingerprint density at radius 2 is 1.35 bits per heavy atom. The first-order valence-electron chi connectivity index (χ1n) is 11.2. The van der Waals surface area contributed by atoms with E-state index in [0.29, 0.717) is 28.8 Å². The molecule has 0 fully saturated rings. The predicted octanol–water partition coefficient (Wildman–Crippen LogP) is 8.26. The third kappa shape index (κ3) is 2.92. The summed E-state index contributed by atoms with van der Waals surface area (Å²) in [6, 6.07) is 17.8. The second kappa shape index (κ2) is 7.45. The highest BCUT2D eigenvalue weighted by atomic mass is 19.3. The van der Waals surface area contributed by atoms with Crippen LogP contribution < -0.4 is 5.73 Å². The van der Waals surface area contributed by atoms with E-state index in [0.717, 1.165) is 45.4 Å². The predicted molar refractivity (Wildman–Crippen MR) is 127 cm³/mol. The van der Waals surface area contributed by atoms with Crippen molar-refractivity contribution in [3.63, 3.8) is 0 Å². The summed E-state index contributed by atoms with van der Waals surface area (Å²) in [5.74, 6) is 0. The number of halogens is 4. The molecule has 2 aliphatic carbocycles. The van der Waals surface area contributed by atoms with Gasteiger partial charge in [0.2, 0.25) is 0 Å². The molecule has 4 aromatic carbocycles. The molecule has 0 atom stereocenters. The van der Waals surface area contributed by atoms with Crippen LogP contribution in [-0.4, -0.2) is 0 Å². The van der Waals surface area contributed by atoms with Gasteiger partial charge in [0.25, 0.3) is 12.9 Å². The highest BCUT2D eigenvalue weighted by molar-refractivity contribution is 5.93. The van der Waals surface area contributed by atoms with Gasteiger partial charge in [-0.05, 0) is 92.7 Å². The molecule has 0 radical (unpaired) electrons. The maximum atomic E-state index is 14.0. The molecule has 0 unspecified atom stereocenters. The van der Waals surface area contributed by atoms with Crippen LogP contribution in [0, 0.1) is 6.92 Å². The molecule has 0 saturated heterocycles. The first-order chi connectivity index (χ1) is 16.3. The standard InChI is InChI=1S/C29H21F4N/c1-14-20(13-23-18-7-3-2-5-15(18)9-25(23)27(14)34)21-11-17(28(30)31)12-24-22(21)10-16-6-4-8-19(26(16)24)29(32)33/h2-8,11-13,28-29H,9-10,34H2,1H3. The summed E-state index contributed by atoms with van der Waals surface area (Å²) in [5.41, 5.74) is 15.9. The quantitative estimate of drug-likeness (QED) is 0.209. The van der Waals surface area contributed by atoms with Crippen molar-refractivity contribution in [2.75, 3.05) is 5.73 Å². The summed E-state index contributed by atoms with van der Waals surface area (Å²) >= 11 is 0. The van der Waals surface area contributed by atoms with Gasteiger partial charge in [-0.3, -0.25) is 0 Å². The van der Waals surface area contributed by atoms with Crippen LogP contribution in [0.5, 0.6) is 0 Å². The van der Waals surface area contributed by atoms with E-state index in [4.69, 9.17) is 5.73 Å². The van der Waals surface area contributed by atoms with Gasteiger partial charge in [0, 0.05) is 23.2 Å². The molecule has 170 valence electrons. The van der Waals surface area contributed by atoms with E-state index in [-0.39, 0.29) is 11.1 Å². The third-order valence-corrected chi connectivity index (χ3v) is 7.29. The van der Waals surface area contributed by atoms with Crippen LogP contribution in [0.15, 0.2) is 60.7 Å². The summed E-state index contributed by atoms with van der Waals surface area (Å²) in [6.45, 7) is 1.90. The molecule has 0 spiro atoms.